The number of hydrogen-bond acceptors (Lipinski definition) is 3. The van der Waals surface area contributed by atoms with Crippen LogP contribution in [-0.4, -0.2) is 31.3 Å². The maximum absolute atomic E-state index is 12.1. The third-order valence-electron chi connectivity index (χ3n) is 3.27. The fourth-order valence-electron chi connectivity index (χ4n) is 2.16. The van der Waals surface area contributed by atoms with Gasteiger partial charge in [0.15, 0.2) is 6.10 Å². The smallest absolute Gasteiger partial charge is 0.261 e. The highest BCUT2D eigenvalue weighted by Gasteiger charge is 2.21. The summed E-state index contributed by atoms with van der Waals surface area (Å²) in [5.74, 6) is 0.500. The van der Waals surface area contributed by atoms with E-state index >= 15 is 0 Å². The molecule has 1 aromatic carbocycles. The molecule has 1 aromatic rings. The molecule has 5 heteroatoms. The number of hydrogen-bond donors (Lipinski definition) is 1. The quantitative estimate of drug-likeness (QED) is 0.878. The van der Waals surface area contributed by atoms with Gasteiger partial charge in [0.1, 0.15) is 5.75 Å². The van der Waals surface area contributed by atoms with Crippen LogP contribution in [0.5, 0.6) is 5.75 Å². The van der Waals surface area contributed by atoms with E-state index in [0.29, 0.717) is 23.7 Å². The molecule has 2 atom stereocenters. The highest BCUT2D eigenvalue weighted by atomic mass is 35.5. The molecular formula is C15H20ClNO3. The summed E-state index contributed by atoms with van der Waals surface area (Å²) >= 11 is 5.90. The van der Waals surface area contributed by atoms with Gasteiger partial charge in [-0.2, -0.15) is 0 Å². The molecule has 1 aliphatic heterocycles. The summed E-state index contributed by atoms with van der Waals surface area (Å²) in [7, 11) is 0. The van der Waals surface area contributed by atoms with Crippen LogP contribution in [0.15, 0.2) is 24.3 Å². The van der Waals surface area contributed by atoms with Gasteiger partial charge in [0, 0.05) is 18.2 Å². The van der Waals surface area contributed by atoms with E-state index in [1.54, 1.807) is 24.3 Å². The molecule has 4 nitrogen and oxygen atoms in total. The van der Waals surface area contributed by atoms with Crippen molar-refractivity contribution in [2.24, 2.45) is 0 Å². The lowest BCUT2D eigenvalue weighted by molar-refractivity contribution is -0.128. The highest BCUT2D eigenvalue weighted by molar-refractivity contribution is 6.30. The molecule has 1 aliphatic rings. The lowest BCUT2D eigenvalue weighted by Crippen LogP contribution is -2.41. The number of rotatable bonds is 6. The first-order valence-electron chi connectivity index (χ1n) is 7.00. The standard InChI is InChI=1S/C15H20ClNO3/c1-2-14(20-12-6-3-5-11(16)9-12)15(18)17-10-13-7-4-8-19-13/h3,5-6,9,13-14H,2,4,7-8,10H2,1H3,(H,17,18)/t13-,14-/m0/s1. The van der Waals surface area contributed by atoms with E-state index in [0.717, 1.165) is 19.4 Å². The van der Waals surface area contributed by atoms with Gasteiger partial charge in [-0.3, -0.25) is 4.79 Å². The van der Waals surface area contributed by atoms with Gasteiger partial charge >= 0.3 is 0 Å². The van der Waals surface area contributed by atoms with Crippen molar-refractivity contribution in [2.45, 2.75) is 38.4 Å². The molecule has 0 unspecified atom stereocenters. The summed E-state index contributed by atoms with van der Waals surface area (Å²) in [5, 5.41) is 3.48. The topological polar surface area (TPSA) is 47.6 Å². The van der Waals surface area contributed by atoms with Crippen molar-refractivity contribution in [3.63, 3.8) is 0 Å². The van der Waals surface area contributed by atoms with Crippen molar-refractivity contribution >= 4 is 17.5 Å². The van der Waals surface area contributed by atoms with Gasteiger partial charge < -0.3 is 14.8 Å². The number of carbonyl (C=O) groups is 1. The van der Waals surface area contributed by atoms with Gasteiger partial charge in [0.05, 0.1) is 6.10 Å². The lowest BCUT2D eigenvalue weighted by atomic mass is 10.2. The van der Waals surface area contributed by atoms with Gasteiger partial charge in [0.25, 0.3) is 5.91 Å². The molecule has 1 saturated heterocycles. The maximum atomic E-state index is 12.1. The van der Waals surface area contributed by atoms with Crippen LogP contribution in [0.25, 0.3) is 0 Å². The van der Waals surface area contributed by atoms with Crippen molar-refractivity contribution < 1.29 is 14.3 Å². The van der Waals surface area contributed by atoms with Crippen molar-refractivity contribution in [3.05, 3.63) is 29.3 Å². The Bertz CT molecular complexity index is 446. The first kappa shape index (κ1) is 15.1. The van der Waals surface area contributed by atoms with Crippen LogP contribution in [0.4, 0.5) is 0 Å². The number of ether oxygens (including phenoxy) is 2. The molecule has 0 saturated carbocycles. The molecule has 0 spiro atoms. The predicted molar refractivity (Wildman–Crippen MR) is 78.1 cm³/mol. The second kappa shape index (κ2) is 7.50. The average Bonchev–Trinajstić information content (AvgIpc) is 2.95. The van der Waals surface area contributed by atoms with Crippen molar-refractivity contribution in [1.29, 1.82) is 0 Å². The molecule has 0 aliphatic carbocycles. The minimum Gasteiger partial charge on any atom is -0.481 e. The zero-order valence-electron chi connectivity index (χ0n) is 11.6. The highest BCUT2D eigenvalue weighted by Crippen LogP contribution is 2.19. The van der Waals surface area contributed by atoms with Crippen molar-refractivity contribution in [3.8, 4) is 5.75 Å². The van der Waals surface area contributed by atoms with E-state index < -0.39 is 6.10 Å². The van der Waals surface area contributed by atoms with E-state index in [4.69, 9.17) is 21.1 Å². The van der Waals surface area contributed by atoms with E-state index in [1.165, 1.54) is 0 Å². The van der Waals surface area contributed by atoms with Crippen LogP contribution in [0.2, 0.25) is 5.02 Å². The third kappa shape index (κ3) is 4.39. The third-order valence-corrected chi connectivity index (χ3v) is 3.50. The van der Waals surface area contributed by atoms with Crippen LogP contribution in [-0.2, 0) is 9.53 Å². The molecular weight excluding hydrogens is 278 g/mol. The number of carbonyl (C=O) groups excluding carboxylic acids is 1. The van der Waals surface area contributed by atoms with Crippen LogP contribution >= 0.6 is 11.6 Å². The fraction of sp³-hybridized carbons (Fsp3) is 0.533. The number of nitrogens with one attached hydrogen (secondary N) is 1. The Balaban J connectivity index is 1.85. The van der Waals surface area contributed by atoms with Crippen LogP contribution in [0, 0.1) is 0 Å². The molecule has 0 bridgehead atoms. The molecule has 20 heavy (non-hydrogen) atoms. The van der Waals surface area contributed by atoms with Gasteiger partial charge in [-0.05, 0) is 37.5 Å². The number of benzene rings is 1. The van der Waals surface area contributed by atoms with Gasteiger partial charge in [0.2, 0.25) is 0 Å². The summed E-state index contributed by atoms with van der Waals surface area (Å²) in [5.41, 5.74) is 0. The Hall–Kier alpha value is -1.26. The minimum absolute atomic E-state index is 0.108. The number of amides is 1. The summed E-state index contributed by atoms with van der Waals surface area (Å²) in [6.45, 7) is 3.26. The molecule has 1 amide bonds. The Morgan fingerprint density at radius 3 is 3.10 bits per heavy atom. The zero-order chi connectivity index (χ0) is 14.4. The summed E-state index contributed by atoms with van der Waals surface area (Å²) in [4.78, 5) is 12.1. The Labute approximate surface area is 124 Å². The summed E-state index contributed by atoms with van der Waals surface area (Å²) in [6, 6.07) is 7.07. The lowest BCUT2D eigenvalue weighted by Gasteiger charge is -2.18. The molecule has 1 N–H and O–H groups in total. The molecule has 0 aromatic heterocycles. The fourth-order valence-corrected chi connectivity index (χ4v) is 2.34. The summed E-state index contributed by atoms with van der Waals surface area (Å²) < 4.78 is 11.2. The van der Waals surface area contributed by atoms with Crippen LogP contribution in [0.1, 0.15) is 26.2 Å². The molecule has 1 fully saturated rings. The SMILES string of the molecule is CC[C@H](Oc1cccc(Cl)c1)C(=O)NC[C@@H]1CCCO1. The average molecular weight is 298 g/mol. The normalized spacial score (nSPS) is 19.6. The van der Waals surface area contributed by atoms with E-state index in [9.17, 15) is 4.79 Å². The van der Waals surface area contributed by atoms with Crippen molar-refractivity contribution in [2.75, 3.05) is 13.2 Å². The maximum Gasteiger partial charge on any atom is 0.261 e. The largest absolute Gasteiger partial charge is 0.481 e. The molecule has 110 valence electrons. The second-order valence-corrected chi connectivity index (χ2v) is 5.29. The zero-order valence-corrected chi connectivity index (χ0v) is 12.4. The molecule has 1 heterocycles. The predicted octanol–water partition coefficient (Wildman–Crippen LogP) is 2.79. The van der Waals surface area contributed by atoms with E-state index in [2.05, 4.69) is 5.32 Å². The Morgan fingerprint density at radius 2 is 2.45 bits per heavy atom. The van der Waals surface area contributed by atoms with Gasteiger partial charge in [-0.1, -0.05) is 24.6 Å². The monoisotopic (exact) mass is 297 g/mol. The minimum atomic E-state index is -0.505. The second-order valence-electron chi connectivity index (χ2n) is 4.85. The van der Waals surface area contributed by atoms with E-state index in [-0.39, 0.29) is 12.0 Å². The first-order chi connectivity index (χ1) is 9.69. The van der Waals surface area contributed by atoms with E-state index in [1.807, 2.05) is 6.92 Å². The van der Waals surface area contributed by atoms with Gasteiger partial charge in [-0.25, -0.2) is 0 Å². The first-order valence-corrected chi connectivity index (χ1v) is 7.38. The summed E-state index contributed by atoms with van der Waals surface area (Å²) in [6.07, 6.45) is 2.31. The van der Waals surface area contributed by atoms with Crippen molar-refractivity contribution in [1.82, 2.24) is 5.32 Å². The van der Waals surface area contributed by atoms with Gasteiger partial charge in [-0.15, -0.1) is 0 Å². The number of halogens is 1. The van der Waals surface area contributed by atoms with Crippen LogP contribution in [0.3, 0.4) is 0 Å². The Morgan fingerprint density at radius 1 is 1.60 bits per heavy atom. The molecule has 2 rings (SSSR count). The Kier molecular flexibility index (Phi) is 5.68. The van der Waals surface area contributed by atoms with Crippen LogP contribution < -0.4 is 10.1 Å². The molecule has 0 radical (unpaired) electrons.